The number of benzene rings is 1. The molecule has 8 nitrogen and oxygen atoms in total. The van der Waals surface area contributed by atoms with Crippen LogP contribution in [0.1, 0.15) is 20.8 Å². The molecule has 2 rings (SSSR count). The van der Waals surface area contributed by atoms with Gasteiger partial charge >= 0.3 is 17.9 Å². The fourth-order valence-corrected chi connectivity index (χ4v) is 4.26. The Hall–Kier alpha value is -1.52. The van der Waals surface area contributed by atoms with E-state index in [-0.39, 0.29) is 6.61 Å². The largest absolute Gasteiger partial charge is 0.463 e. The normalized spacial score (nSPS) is 26.5. The molecule has 1 aliphatic rings. The molecule has 0 aliphatic carbocycles. The van der Waals surface area contributed by atoms with Crippen LogP contribution in [0, 0.1) is 0 Å². The summed E-state index contributed by atoms with van der Waals surface area (Å²) in [6.45, 7) is 3.51. The Balaban J connectivity index is 2.31. The first-order valence-electron chi connectivity index (χ1n) is 8.59. The molecule has 1 aromatic rings. The van der Waals surface area contributed by atoms with Crippen molar-refractivity contribution >= 4 is 52.9 Å². The van der Waals surface area contributed by atoms with E-state index in [4.69, 9.17) is 47.9 Å². The van der Waals surface area contributed by atoms with Gasteiger partial charge in [0.25, 0.3) is 0 Å². The molecule has 5 atom stereocenters. The van der Waals surface area contributed by atoms with Crippen molar-refractivity contribution in [1.82, 2.24) is 0 Å². The van der Waals surface area contributed by atoms with Crippen LogP contribution >= 0.6 is 35.0 Å². The molecule has 0 radical (unpaired) electrons. The second-order valence-electron chi connectivity index (χ2n) is 6.26. The Labute approximate surface area is 182 Å². The lowest BCUT2D eigenvalue weighted by Gasteiger charge is -2.43. The van der Waals surface area contributed by atoms with Crippen LogP contribution in [0.3, 0.4) is 0 Å². The van der Waals surface area contributed by atoms with Crippen LogP contribution < -0.4 is 5.73 Å². The summed E-state index contributed by atoms with van der Waals surface area (Å²) in [5.41, 5.74) is 5.50. The third-order valence-electron chi connectivity index (χ3n) is 3.90. The molecule has 1 saturated heterocycles. The van der Waals surface area contributed by atoms with Crippen molar-refractivity contribution in [2.45, 2.75) is 55.5 Å². The number of hydrogen-bond donors (Lipinski definition) is 1. The lowest BCUT2D eigenvalue weighted by atomic mass is 9.97. The smallest absolute Gasteiger partial charge is 0.303 e. The molecule has 160 valence electrons. The van der Waals surface area contributed by atoms with E-state index in [0.29, 0.717) is 14.9 Å². The zero-order valence-corrected chi connectivity index (χ0v) is 18.3. The first-order valence-corrected chi connectivity index (χ1v) is 10.2. The summed E-state index contributed by atoms with van der Waals surface area (Å²) < 4.78 is 21.6. The van der Waals surface area contributed by atoms with E-state index in [1.54, 1.807) is 18.2 Å². The maximum absolute atomic E-state index is 11.6. The molecule has 1 heterocycles. The van der Waals surface area contributed by atoms with Crippen LogP contribution in [-0.2, 0) is 33.3 Å². The highest BCUT2D eigenvalue weighted by Gasteiger charge is 2.48. The van der Waals surface area contributed by atoms with Crippen LogP contribution in [0.5, 0.6) is 0 Å². The number of halogens is 2. The summed E-state index contributed by atoms with van der Waals surface area (Å²) in [7, 11) is 0. The van der Waals surface area contributed by atoms with Crippen molar-refractivity contribution in [3.8, 4) is 0 Å². The average Bonchev–Trinajstić information content (AvgIpc) is 2.61. The maximum atomic E-state index is 11.6. The van der Waals surface area contributed by atoms with Gasteiger partial charge in [0.1, 0.15) is 24.3 Å². The molecule has 29 heavy (non-hydrogen) atoms. The summed E-state index contributed by atoms with van der Waals surface area (Å²) >= 11 is 13.2. The van der Waals surface area contributed by atoms with Crippen LogP contribution in [0.4, 0.5) is 0 Å². The van der Waals surface area contributed by atoms with E-state index in [2.05, 4.69) is 0 Å². The molecular weight excluding hydrogens is 445 g/mol. The number of hydrogen-bond acceptors (Lipinski definition) is 9. The van der Waals surface area contributed by atoms with Gasteiger partial charge < -0.3 is 24.7 Å². The summed E-state index contributed by atoms with van der Waals surface area (Å²) in [4.78, 5) is 35.1. The summed E-state index contributed by atoms with van der Waals surface area (Å²) in [6.07, 6.45) is -2.78. The van der Waals surface area contributed by atoms with Gasteiger partial charge in [0.05, 0.1) is 16.1 Å². The summed E-state index contributed by atoms with van der Waals surface area (Å²) in [6, 6.07) is 4.05. The highest BCUT2D eigenvalue weighted by atomic mass is 35.5. The quantitative estimate of drug-likeness (QED) is 0.499. The van der Waals surface area contributed by atoms with E-state index in [1.165, 1.54) is 32.5 Å². The molecule has 5 unspecified atom stereocenters. The average molecular weight is 466 g/mol. The van der Waals surface area contributed by atoms with E-state index in [1.807, 2.05) is 0 Å². The van der Waals surface area contributed by atoms with Gasteiger partial charge in [-0.05, 0) is 18.2 Å². The Kier molecular flexibility index (Phi) is 8.59. The molecule has 1 aliphatic heterocycles. The fourth-order valence-electron chi connectivity index (χ4n) is 2.73. The van der Waals surface area contributed by atoms with Crippen LogP contribution in [0.25, 0.3) is 0 Å². The van der Waals surface area contributed by atoms with Gasteiger partial charge in [-0.25, -0.2) is 0 Å². The topological polar surface area (TPSA) is 114 Å². The highest BCUT2D eigenvalue weighted by Crippen LogP contribution is 2.37. The summed E-state index contributed by atoms with van der Waals surface area (Å²) in [5, 5.41) is 0.728. The van der Waals surface area contributed by atoms with Crippen molar-refractivity contribution in [2.24, 2.45) is 5.73 Å². The lowest BCUT2D eigenvalue weighted by molar-refractivity contribution is -0.201. The molecule has 0 spiro atoms. The van der Waals surface area contributed by atoms with Gasteiger partial charge in [0.15, 0.2) is 6.10 Å². The molecule has 11 heteroatoms. The SMILES string of the molecule is CC(=O)OCC1OC(Sc2ccc(Cl)c(Cl)c2)C(OC(C)=O)C(N)C1OC(C)=O. The minimum absolute atomic E-state index is 0.188. The number of esters is 3. The molecule has 0 amide bonds. The molecule has 1 fully saturated rings. The van der Waals surface area contributed by atoms with Crippen LogP contribution in [-0.4, -0.2) is 54.3 Å². The van der Waals surface area contributed by atoms with Gasteiger partial charge in [-0.2, -0.15) is 0 Å². The van der Waals surface area contributed by atoms with Gasteiger partial charge in [-0.3, -0.25) is 14.4 Å². The first-order chi connectivity index (χ1) is 13.6. The number of carbonyl (C=O) groups excluding carboxylic acids is 3. The number of carbonyl (C=O) groups is 3. The standard InChI is InChI=1S/C18H21Cl2NO7S/c1-8(22)25-7-14-16(26-9(2)23)15(21)17(27-10(3)24)18(28-14)29-11-4-5-12(19)13(20)6-11/h4-6,14-18H,7,21H2,1-3H3. The van der Waals surface area contributed by atoms with Crippen molar-refractivity contribution in [3.05, 3.63) is 28.2 Å². The van der Waals surface area contributed by atoms with Crippen LogP contribution in [0.2, 0.25) is 10.0 Å². The van der Waals surface area contributed by atoms with E-state index >= 15 is 0 Å². The number of rotatable bonds is 6. The van der Waals surface area contributed by atoms with Crippen LogP contribution in [0.15, 0.2) is 23.1 Å². The third kappa shape index (κ3) is 6.75. The second kappa shape index (κ2) is 10.5. The van der Waals surface area contributed by atoms with Gasteiger partial charge in [-0.15, -0.1) is 0 Å². The minimum atomic E-state index is -0.984. The Morgan fingerprint density at radius 2 is 1.66 bits per heavy atom. The molecule has 0 bridgehead atoms. The van der Waals surface area contributed by atoms with Crippen molar-refractivity contribution in [3.63, 3.8) is 0 Å². The van der Waals surface area contributed by atoms with E-state index < -0.39 is 47.7 Å². The highest BCUT2D eigenvalue weighted by molar-refractivity contribution is 7.99. The Morgan fingerprint density at radius 3 is 2.21 bits per heavy atom. The molecule has 0 saturated carbocycles. The Bertz CT molecular complexity index is 777. The first kappa shape index (κ1) is 23.8. The predicted molar refractivity (Wildman–Crippen MR) is 107 cm³/mol. The zero-order valence-electron chi connectivity index (χ0n) is 15.9. The van der Waals surface area contributed by atoms with Crippen molar-refractivity contribution < 1.29 is 33.3 Å². The summed E-state index contributed by atoms with van der Waals surface area (Å²) in [5.74, 6) is -1.70. The van der Waals surface area contributed by atoms with Crippen molar-refractivity contribution in [2.75, 3.05) is 6.61 Å². The predicted octanol–water partition coefficient (Wildman–Crippen LogP) is 2.56. The van der Waals surface area contributed by atoms with Gasteiger partial charge in [-0.1, -0.05) is 35.0 Å². The number of nitrogens with two attached hydrogens (primary N) is 1. The van der Waals surface area contributed by atoms with E-state index in [9.17, 15) is 14.4 Å². The minimum Gasteiger partial charge on any atom is -0.463 e. The van der Waals surface area contributed by atoms with Crippen molar-refractivity contribution in [1.29, 1.82) is 0 Å². The Morgan fingerprint density at radius 1 is 1.03 bits per heavy atom. The zero-order chi connectivity index (χ0) is 21.7. The molecule has 1 aromatic carbocycles. The second-order valence-corrected chi connectivity index (χ2v) is 8.25. The maximum Gasteiger partial charge on any atom is 0.303 e. The lowest BCUT2D eigenvalue weighted by Crippen LogP contribution is -2.63. The molecular formula is C18H21Cl2NO7S. The fraction of sp³-hybridized carbons (Fsp3) is 0.500. The molecule has 0 aromatic heterocycles. The van der Waals surface area contributed by atoms with Gasteiger partial charge in [0.2, 0.25) is 0 Å². The van der Waals surface area contributed by atoms with E-state index in [0.717, 1.165) is 0 Å². The van der Waals surface area contributed by atoms with Gasteiger partial charge in [0, 0.05) is 25.7 Å². The number of ether oxygens (including phenoxy) is 4. The molecule has 2 N–H and O–H groups in total. The number of thioether (sulfide) groups is 1. The monoisotopic (exact) mass is 465 g/mol. The third-order valence-corrected chi connectivity index (χ3v) is 5.78.